The molecule has 0 atom stereocenters. The van der Waals surface area contributed by atoms with Crippen LogP contribution >= 0.6 is 11.6 Å². The summed E-state index contributed by atoms with van der Waals surface area (Å²) in [6.07, 6.45) is -0.300. The fraction of sp³-hybridized carbons (Fsp3) is 0.333. The van der Waals surface area contributed by atoms with E-state index in [-0.39, 0.29) is 11.7 Å². The zero-order valence-corrected chi connectivity index (χ0v) is 29.0. The van der Waals surface area contributed by atoms with Crippen molar-refractivity contribution in [2.75, 3.05) is 62.2 Å². The molecule has 0 unspecified atom stereocenters. The Bertz CT molecular complexity index is 1780. The number of aromatic carboxylic acids is 1. The number of carboxylic acid groups (broad SMARTS) is 1. The van der Waals surface area contributed by atoms with Crippen molar-refractivity contribution in [1.29, 1.82) is 0 Å². The van der Waals surface area contributed by atoms with Crippen molar-refractivity contribution in [1.82, 2.24) is 9.80 Å². The predicted octanol–water partition coefficient (Wildman–Crippen LogP) is 7.88. The Morgan fingerprint density at radius 1 is 0.755 bits per heavy atom. The van der Waals surface area contributed by atoms with Gasteiger partial charge in [0.2, 0.25) is 0 Å². The van der Waals surface area contributed by atoms with Crippen molar-refractivity contribution in [3.05, 3.63) is 107 Å². The van der Waals surface area contributed by atoms with Crippen molar-refractivity contribution in [2.24, 2.45) is 0 Å². The number of nitrogens with zero attached hydrogens (tertiary/aromatic N) is 4. The van der Waals surface area contributed by atoms with Crippen molar-refractivity contribution < 1.29 is 24.2 Å². The zero-order valence-electron chi connectivity index (χ0n) is 28.3. The Kier molecular flexibility index (Phi) is 10.3. The molecule has 2 aliphatic heterocycles. The molecule has 9 nitrogen and oxygen atoms in total. The van der Waals surface area contributed by atoms with E-state index >= 15 is 0 Å². The van der Waals surface area contributed by atoms with Crippen molar-refractivity contribution in [3.8, 4) is 22.6 Å². The summed E-state index contributed by atoms with van der Waals surface area (Å²) in [5.74, 6) is -0.188. The summed E-state index contributed by atoms with van der Waals surface area (Å²) in [5.41, 5.74) is 5.07. The summed E-state index contributed by atoms with van der Waals surface area (Å²) in [5, 5.41) is 10.7. The highest BCUT2D eigenvalue weighted by Gasteiger charge is 2.26. The SMILES string of the molecule is CC(C)(C)OC(=O)N1CCN(c2cccc(Oc3cc(N4CCN(Cc5ccccc5-c5ccc(Cl)cc5)CC4)ccc3C(=O)O)c2)CC1. The molecule has 0 aromatic heterocycles. The fourth-order valence-corrected chi connectivity index (χ4v) is 6.41. The smallest absolute Gasteiger partial charge is 0.410 e. The molecular weight excluding hydrogens is 640 g/mol. The van der Waals surface area contributed by atoms with Gasteiger partial charge in [0.1, 0.15) is 22.7 Å². The van der Waals surface area contributed by atoms with E-state index in [1.165, 1.54) is 11.1 Å². The van der Waals surface area contributed by atoms with Crippen LogP contribution in [0.15, 0.2) is 91.0 Å². The average molecular weight is 683 g/mol. The van der Waals surface area contributed by atoms with Crippen molar-refractivity contribution in [3.63, 3.8) is 0 Å². The number of ether oxygens (including phenoxy) is 2. The monoisotopic (exact) mass is 682 g/mol. The minimum absolute atomic E-state index is 0.109. The second kappa shape index (κ2) is 14.8. The number of rotatable bonds is 8. The molecule has 2 heterocycles. The van der Waals surface area contributed by atoms with Crippen LogP contribution in [0.3, 0.4) is 0 Å². The molecular formula is C39H43ClN4O5. The van der Waals surface area contributed by atoms with Crippen molar-refractivity contribution >= 4 is 35.0 Å². The minimum Gasteiger partial charge on any atom is -0.478 e. The summed E-state index contributed by atoms with van der Waals surface area (Å²) in [4.78, 5) is 33.4. The number of piperazine rings is 2. The number of hydrogen-bond donors (Lipinski definition) is 1. The van der Waals surface area contributed by atoms with Gasteiger partial charge in [0.15, 0.2) is 0 Å². The van der Waals surface area contributed by atoms with E-state index in [0.29, 0.717) is 37.7 Å². The Morgan fingerprint density at radius 3 is 2.08 bits per heavy atom. The Morgan fingerprint density at radius 2 is 1.41 bits per heavy atom. The fourth-order valence-electron chi connectivity index (χ4n) is 6.29. The van der Waals surface area contributed by atoms with Crippen LogP contribution < -0.4 is 14.5 Å². The number of halogens is 1. The van der Waals surface area contributed by atoms with Crippen LogP contribution in [0.25, 0.3) is 11.1 Å². The summed E-state index contributed by atoms with van der Waals surface area (Å²) in [6.45, 7) is 12.2. The quantitative estimate of drug-likeness (QED) is 0.201. The first-order valence-electron chi connectivity index (χ1n) is 16.7. The second-order valence-corrected chi connectivity index (χ2v) is 13.9. The van der Waals surface area contributed by atoms with Gasteiger partial charge in [-0.05, 0) is 73.9 Å². The molecule has 6 rings (SSSR count). The molecule has 0 radical (unpaired) electrons. The average Bonchev–Trinajstić information content (AvgIpc) is 3.09. The first-order valence-corrected chi connectivity index (χ1v) is 17.1. The highest BCUT2D eigenvalue weighted by Crippen LogP contribution is 2.33. The molecule has 256 valence electrons. The maximum absolute atomic E-state index is 12.5. The number of benzene rings is 4. The lowest BCUT2D eigenvalue weighted by Crippen LogP contribution is -2.50. The Labute approximate surface area is 293 Å². The molecule has 2 saturated heterocycles. The summed E-state index contributed by atoms with van der Waals surface area (Å²) >= 11 is 6.13. The van der Waals surface area contributed by atoms with Crippen LogP contribution in [-0.4, -0.2) is 84.9 Å². The van der Waals surface area contributed by atoms with E-state index < -0.39 is 11.6 Å². The van der Waals surface area contributed by atoms with E-state index in [1.54, 1.807) is 11.0 Å². The highest BCUT2D eigenvalue weighted by molar-refractivity contribution is 6.30. The maximum atomic E-state index is 12.5. The highest BCUT2D eigenvalue weighted by atomic mass is 35.5. The third kappa shape index (κ3) is 8.66. The lowest BCUT2D eigenvalue weighted by atomic mass is 9.99. The predicted molar refractivity (Wildman–Crippen MR) is 194 cm³/mol. The molecule has 49 heavy (non-hydrogen) atoms. The molecule has 2 aliphatic rings. The van der Waals surface area contributed by atoms with Gasteiger partial charge < -0.3 is 29.3 Å². The molecule has 0 spiro atoms. The number of anilines is 2. The van der Waals surface area contributed by atoms with Gasteiger partial charge in [0.05, 0.1) is 0 Å². The summed E-state index contributed by atoms with van der Waals surface area (Å²) in [7, 11) is 0. The van der Waals surface area contributed by atoms with Crippen LogP contribution in [0.4, 0.5) is 16.2 Å². The van der Waals surface area contributed by atoms with Crippen molar-refractivity contribution in [2.45, 2.75) is 32.9 Å². The van der Waals surface area contributed by atoms with Gasteiger partial charge in [-0.2, -0.15) is 0 Å². The molecule has 1 N–H and O–H groups in total. The van der Waals surface area contributed by atoms with Crippen LogP contribution in [0.2, 0.25) is 5.02 Å². The number of hydrogen-bond acceptors (Lipinski definition) is 7. The van der Waals surface area contributed by atoms with Crippen LogP contribution in [-0.2, 0) is 11.3 Å². The number of carboxylic acids is 1. The Balaban J connectivity index is 1.10. The van der Waals surface area contributed by atoms with Crippen LogP contribution in [0, 0.1) is 0 Å². The maximum Gasteiger partial charge on any atom is 0.410 e. The molecule has 1 amide bonds. The van der Waals surface area contributed by atoms with E-state index in [1.807, 2.05) is 69.3 Å². The molecule has 4 aromatic rings. The molecule has 0 bridgehead atoms. The van der Waals surface area contributed by atoms with E-state index in [9.17, 15) is 14.7 Å². The van der Waals surface area contributed by atoms with E-state index in [0.717, 1.165) is 54.7 Å². The first kappa shape index (κ1) is 34.1. The lowest BCUT2D eigenvalue weighted by Gasteiger charge is -2.37. The summed E-state index contributed by atoms with van der Waals surface area (Å²) < 4.78 is 11.8. The molecule has 0 saturated carbocycles. The van der Waals surface area contributed by atoms with Gasteiger partial charge in [0.25, 0.3) is 0 Å². The van der Waals surface area contributed by atoms with Gasteiger partial charge in [-0.25, -0.2) is 9.59 Å². The third-order valence-electron chi connectivity index (χ3n) is 8.84. The first-order chi connectivity index (χ1) is 23.5. The molecule has 0 aliphatic carbocycles. The molecule has 10 heteroatoms. The molecule has 2 fully saturated rings. The van der Waals surface area contributed by atoms with Gasteiger partial charge in [-0.3, -0.25) is 4.90 Å². The lowest BCUT2D eigenvalue weighted by molar-refractivity contribution is 0.0240. The number of amides is 1. The normalized spacial score (nSPS) is 15.6. The zero-order chi connectivity index (χ0) is 34.5. The minimum atomic E-state index is -1.04. The van der Waals surface area contributed by atoms with Crippen LogP contribution in [0.5, 0.6) is 11.5 Å². The van der Waals surface area contributed by atoms with Gasteiger partial charge in [0, 0.05) is 87.4 Å². The topological polar surface area (TPSA) is 85.8 Å². The Hall–Kier alpha value is -4.73. The number of carbonyl (C=O) groups excluding carboxylic acids is 1. The van der Waals surface area contributed by atoms with E-state index in [2.05, 4.69) is 51.1 Å². The van der Waals surface area contributed by atoms with Gasteiger partial charge >= 0.3 is 12.1 Å². The summed E-state index contributed by atoms with van der Waals surface area (Å²) in [6, 6.07) is 29.4. The van der Waals surface area contributed by atoms with Gasteiger partial charge in [-0.1, -0.05) is 54.1 Å². The standard InChI is InChI=1S/C39H43ClN4O5/c1-39(2,3)49-38(47)44-23-21-43(22-24-44)31-8-6-9-33(25-31)48-36-26-32(15-16-35(36)37(45)46)42-19-17-41(18-20-42)27-29-7-4-5-10-34(29)28-11-13-30(40)14-12-28/h4-16,25-26H,17-24,27H2,1-3H3,(H,45,46). The van der Waals surface area contributed by atoms with Crippen LogP contribution in [0.1, 0.15) is 36.7 Å². The number of carbonyl (C=O) groups is 2. The van der Waals surface area contributed by atoms with Gasteiger partial charge in [-0.15, -0.1) is 0 Å². The largest absolute Gasteiger partial charge is 0.478 e. The second-order valence-electron chi connectivity index (χ2n) is 13.5. The molecule has 4 aromatic carbocycles. The van der Waals surface area contributed by atoms with E-state index in [4.69, 9.17) is 21.1 Å². The third-order valence-corrected chi connectivity index (χ3v) is 9.09.